The molecule has 3 N–H and O–H groups in total. The quantitative estimate of drug-likeness (QED) is 0.494. The monoisotopic (exact) mass is 225 g/mol. The highest BCUT2D eigenvalue weighted by atomic mass is 19.1. The van der Waals surface area contributed by atoms with Gasteiger partial charge in [-0.3, -0.25) is 4.84 Å². The highest BCUT2D eigenvalue weighted by Crippen LogP contribution is 2.24. The van der Waals surface area contributed by atoms with E-state index in [4.69, 9.17) is 14.7 Å². The van der Waals surface area contributed by atoms with E-state index in [-0.39, 0.29) is 0 Å². The lowest BCUT2D eigenvalue weighted by atomic mass is 9.99. The van der Waals surface area contributed by atoms with Crippen LogP contribution in [-0.2, 0) is 9.57 Å². The van der Waals surface area contributed by atoms with Gasteiger partial charge in [-0.1, -0.05) is 0 Å². The molecular weight excluding hydrogens is 209 g/mol. The maximum atomic E-state index is 13.5. The van der Waals surface area contributed by atoms with Crippen LogP contribution >= 0.6 is 0 Å². The van der Waals surface area contributed by atoms with E-state index in [0.29, 0.717) is 0 Å². The summed E-state index contributed by atoms with van der Waals surface area (Å²) < 4.78 is 18.5. The van der Waals surface area contributed by atoms with Gasteiger partial charge in [0.1, 0.15) is 18.3 Å². The molecule has 0 saturated carbocycles. The second-order valence-corrected chi connectivity index (χ2v) is 3.40. The topological polar surface area (TPSA) is 82.4 Å². The molecule has 0 aromatic heterocycles. The summed E-state index contributed by atoms with van der Waals surface area (Å²) >= 11 is 0. The summed E-state index contributed by atoms with van der Waals surface area (Å²) in [5.74, 6) is 0. The van der Waals surface area contributed by atoms with Gasteiger partial charge in [0.2, 0.25) is 0 Å². The standard InChI is InChI=1S/C8H16FNO5/c1-10(14-2)8-5(9)7(13)6(12)4(3-11)15-8/h4-8,11-13H,3H2,1-2H3/t4?,5?,6-,7?,8-/m1/s1. The van der Waals surface area contributed by atoms with Crippen LogP contribution < -0.4 is 0 Å². The molecular formula is C8H16FNO5. The van der Waals surface area contributed by atoms with Crippen LogP contribution in [0.4, 0.5) is 4.39 Å². The van der Waals surface area contributed by atoms with E-state index >= 15 is 0 Å². The largest absolute Gasteiger partial charge is 0.394 e. The molecule has 1 fully saturated rings. The molecule has 3 unspecified atom stereocenters. The van der Waals surface area contributed by atoms with Crippen molar-refractivity contribution in [2.75, 3.05) is 20.8 Å². The van der Waals surface area contributed by atoms with Gasteiger partial charge in [0.25, 0.3) is 0 Å². The highest BCUT2D eigenvalue weighted by Gasteiger charge is 2.46. The number of hydrogen-bond acceptors (Lipinski definition) is 6. The number of alkyl halides is 1. The second kappa shape index (κ2) is 5.15. The third-order valence-corrected chi connectivity index (χ3v) is 2.47. The zero-order valence-electron chi connectivity index (χ0n) is 8.58. The molecule has 0 aromatic carbocycles. The van der Waals surface area contributed by atoms with Crippen molar-refractivity contribution >= 4 is 0 Å². The maximum absolute atomic E-state index is 13.5. The fourth-order valence-electron chi connectivity index (χ4n) is 1.45. The molecule has 7 heteroatoms. The predicted octanol–water partition coefficient (Wildman–Crippen LogP) is -1.74. The number of rotatable bonds is 3. The Morgan fingerprint density at radius 1 is 1.40 bits per heavy atom. The molecule has 1 aliphatic heterocycles. The molecule has 0 amide bonds. The summed E-state index contributed by atoms with van der Waals surface area (Å²) in [6, 6.07) is 0. The first-order valence-electron chi connectivity index (χ1n) is 4.56. The lowest BCUT2D eigenvalue weighted by Gasteiger charge is -2.41. The number of aliphatic hydroxyl groups is 3. The summed E-state index contributed by atoms with van der Waals surface area (Å²) in [6.45, 7) is -0.501. The zero-order valence-corrected chi connectivity index (χ0v) is 8.58. The Morgan fingerprint density at radius 2 is 2.00 bits per heavy atom. The van der Waals surface area contributed by atoms with E-state index in [0.717, 1.165) is 5.06 Å². The van der Waals surface area contributed by atoms with Crippen molar-refractivity contribution in [1.29, 1.82) is 0 Å². The van der Waals surface area contributed by atoms with Gasteiger partial charge in [0.05, 0.1) is 13.7 Å². The number of aliphatic hydroxyl groups excluding tert-OH is 3. The molecule has 1 heterocycles. The van der Waals surface area contributed by atoms with Crippen LogP contribution in [-0.4, -0.2) is 71.9 Å². The van der Waals surface area contributed by atoms with Crippen molar-refractivity contribution in [2.45, 2.75) is 30.7 Å². The molecule has 0 spiro atoms. The van der Waals surface area contributed by atoms with E-state index in [9.17, 15) is 14.6 Å². The van der Waals surface area contributed by atoms with Crippen LogP contribution in [0.1, 0.15) is 0 Å². The number of ether oxygens (including phenoxy) is 1. The van der Waals surface area contributed by atoms with Crippen LogP contribution in [0.15, 0.2) is 0 Å². The van der Waals surface area contributed by atoms with E-state index in [1.165, 1.54) is 14.2 Å². The minimum absolute atomic E-state index is 0.501. The van der Waals surface area contributed by atoms with E-state index in [2.05, 4.69) is 0 Å². The fraction of sp³-hybridized carbons (Fsp3) is 1.00. The first-order chi connectivity index (χ1) is 7.02. The molecule has 90 valence electrons. The summed E-state index contributed by atoms with van der Waals surface area (Å²) in [6.07, 6.45) is -7.00. The van der Waals surface area contributed by atoms with Crippen LogP contribution in [0, 0.1) is 0 Å². The Bertz CT molecular complexity index is 205. The molecule has 15 heavy (non-hydrogen) atoms. The Kier molecular flexibility index (Phi) is 4.38. The van der Waals surface area contributed by atoms with Crippen LogP contribution in [0.25, 0.3) is 0 Å². The van der Waals surface area contributed by atoms with Crippen molar-refractivity contribution in [3.05, 3.63) is 0 Å². The van der Waals surface area contributed by atoms with Crippen LogP contribution in [0.3, 0.4) is 0 Å². The summed E-state index contributed by atoms with van der Waals surface area (Å²) in [4.78, 5) is 4.73. The third kappa shape index (κ3) is 2.44. The Hall–Kier alpha value is -0.310. The number of nitrogens with zero attached hydrogens (tertiary/aromatic N) is 1. The van der Waals surface area contributed by atoms with Crippen molar-refractivity contribution in [1.82, 2.24) is 5.06 Å². The zero-order chi connectivity index (χ0) is 11.6. The summed E-state index contributed by atoms with van der Waals surface area (Å²) in [5, 5.41) is 28.6. The average Bonchev–Trinajstić information content (AvgIpc) is 2.25. The van der Waals surface area contributed by atoms with Gasteiger partial charge in [0.15, 0.2) is 12.4 Å². The molecule has 5 atom stereocenters. The van der Waals surface area contributed by atoms with Crippen molar-refractivity contribution in [3.8, 4) is 0 Å². The average molecular weight is 225 g/mol. The smallest absolute Gasteiger partial charge is 0.170 e. The van der Waals surface area contributed by atoms with Crippen LogP contribution in [0.2, 0.25) is 0 Å². The lowest BCUT2D eigenvalue weighted by Crippen LogP contribution is -2.60. The van der Waals surface area contributed by atoms with Crippen molar-refractivity contribution in [2.24, 2.45) is 0 Å². The Morgan fingerprint density at radius 3 is 2.47 bits per heavy atom. The Labute approximate surface area is 86.8 Å². The summed E-state index contributed by atoms with van der Waals surface area (Å²) in [7, 11) is 2.75. The van der Waals surface area contributed by atoms with Crippen molar-refractivity contribution < 1.29 is 29.3 Å². The number of hydrogen-bond donors (Lipinski definition) is 3. The fourth-order valence-corrected chi connectivity index (χ4v) is 1.45. The molecule has 0 aromatic rings. The lowest BCUT2D eigenvalue weighted by molar-refractivity contribution is -0.308. The minimum Gasteiger partial charge on any atom is -0.394 e. The summed E-state index contributed by atoms with van der Waals surface area (Å²) in [5.41, 5.74) is 0. The number of halogens is 1. The molecule has 0 bridgehead atoms. The maximum Gasteiger partial charge on any atom is 0.170 e. The molecule has 0 radical (unpaired) electrons. The first kappa shape index (κ1) is 12.8. The van der Waals surface area contributed by atoms with Crippen molar-refractivity contribution in [3.63, 3.8) is 0 Å². The first-order valence-corrected chi connectivity index (χ1v) is 4.56. The van der Waals surface area contributed by atoms with Gasteiger partial charge in [-0.15, -0.1) is 0 Å². The molecule has 1 saturated heterocycles. The van der Waals surface area contributed by atoms with Gasteiger partial charge < -0.3 is 20.1 Å². The van der Waals surface area contributed by atoms with Gasteiger partial charge in [-0.05, 0) is 0 Å². The number of hydroxylamine groups is 2. The van der Waals surface area contributed by atoms with E-state index < -0.39 is 37.3 Å². The van der Waals surface area contributed by atoms with Gasteiger partial charge in [0, 0.05) is 7.05 Å². The Balaban J connectivity index is 2.74. The molecule has 1 rings (SSSR count). The molecule has 1 aliphatic rings. The van der Waals surface area contributed by atoms with E-state index in [1.54, 1.807) is 0 Å². The van der Waals surface area contributed by atoms with Gasteiger partial charge in [-0.2, -0.15) is 5.06 Å². The molecule has 6 nitrogen and oxygen atoms in total. The van der Waals surface area contributed by atoms with E-state index in [1.807, 2.05) is 0 Å². The molecule has 0 aliphatic carbocycles. The third-order valence-electron chi connectivity index (χ3n) is 2.47. The second-order valence-electron chi connectivity index (χ2n) is 3.40. The minimum atomic E-state index is -1.80. The predicted molar refractivity (Wildman–Crippen MR) is 47.4 cm³/mol. The van der Waals surface area contributed by atoms with Gasteiger partial charge >= 0.3 is 0 Å². The van der Waals surface area contributed by atoms with Gasteiger partial charge in [-0.25, -0.2) is 4.39 Å². The highest BCUT2D eigenvalue weighted by molar-refractivity contribution is 4.90. The van der Waals surface area contributed by atoms with Crippen LogP contribution in [0.5, 0.6) is 0 Å². The normalized spacial score (nSPS) is 42.2. The SMILES string of the molecule is CON(C)[C@@H]1OC(CO)[C@@H](O)C(O)C1F.